The summed E-state index contributed by atoms with van der Waals surface area (Å²) >= 11 is 12.2. The molecule has 27 heavy (non-hydrogen) atoms. The van der Waals surface area contributed by atoms with Crippen molar-refractivity contribution in [3.63, 3.8) is 0 Å². The van der Waals surface area contributed by atoms with E-state index in [-0.39, 0.29) is 11.9 Å². The predicted molar refractivity (Wildman–Crippen MR) is 109 cm³/mol. The molecule has 0 spiro atoms. The largest absolute Gasteiger partial charge is 0.354 e. The number of hydrogen-bond acceptors (Lipinski definition) is 4. The minimum absolute atomic E-state index is 0.0896. The Morgan fingerprint density at radius 1 is 1.07 bits per heavy atom. The number of halogens is 2. The van der Waals surface area contributed by atoms with E-state index in [1.54, 1.807) is 24.4 Å². The van der Waals surface area contributed by atoms with Crippen molar-refractivity contribution in [1.82, 2.24) is 15.5 Å². The minimum atomic E-state index is -0.189. The van der Waals surface area contributed by atoms with Crippen molar-refractivity contribution < 1.29 is 4.79 Å². The van der Waals surface area contributed by atoms with Crippen molar-refractivity contribution in [2.24, 2.45) is 0 Å². The van der Waals surface area contributed by atoms with Crippen molar-refractivity contribution in [3.8, 4) is 0 Å². The molecule has 1 saturated heterocycles. The Morgan fingerprint density at radius 3 is 2.67 bits per heavy atom. The first-order valence-electron chi connectivity index (χ1n) is 8.84. The van der Waals surface area contributed by atoms with Gasteiger partial charge < -0.3 is 10.2 Å². The third-order valence-corrected chi connectivity index (χ3v) is 5.70. The molecule has 2 aromatic carbocycles. The number of nitrogens with zero attached hydrogens (tertiary/aromatic N) is 3. The summed E-state index contributed by atoms with van der Waals surface area (Å²) in [5.74, 6) is 0.710. The van der Waals surface area contributed by atoms with Crippen molar-refractivity contribution in [1.29, 1.82) is 0 Å². The van der Waals surface area contributed by atoms with E-state index in [1.807, 2.05) is 18.2 Å². The number of anilines is 1. The van der Waals surface area contributed by atoms with Gasteiger partial charge in [0, 0.05) is 29.9 Å². The number of carbonyl (C=O) groups excluding carboxylic acids is 1. The second-order valence-corrected chi connectivity index (χ2v) is 7.38. The first kappa shape index (κ1) is 18.0. The maximum absolute atomic E-state index is 12.5. The fourth-order valence-electron chi connectivity index (χ4n) is 3.42. The van der Waals surface area contributed by atoms with Gasteiger partial charge in [0.2, 0.25) is 0 Å². The lowest BCUT2D eigenvalue weighted by Gasteiger charge is -2.33. The van der Waals surface area contributed by atoms with Crippen LogP contribution in [0.15, 0.2) is 48.7 Å². The van der Waals surface area contributed by atoms with Gasteiger partial charge in [0.25, 0.3) is 5.91 Å². The zero-order valence-electron chi connectivity index (χ0n) is 14.5. The average molecular weight is 401 g/mol. The van der Waals surface area contributed by atoms with E-state index in [2.05, 4.69) is 26.5 Å². The van der Waals surface area contributed by atoms with Crippen molar-refractivity contribution in [2.75, 3.05) is 18.0 Å². The molecule has 2 heterocycles. The fraction of sp³-hybridized carbons (Fsp3) is 0.250. The molecule has 3 aromatic rings. The average Bonchev–Trinajstić information content (AvgIpc) is 2.70. The highest BCUT2D eigenvalue weighted by Crippen LogP contribution is 2.27. The Labute approximate surface area is 167 Å². The third-order valence-electron chi connectivity index (χ3n) is 4.88. The topological polar surface area (TPSA) is 58.1 Å². The van der Waals surface area contributed by atoms with Gasteiger partial charge in [-0.2, -0.15) is 5.10 Å². The van der Waals surface area contributed by atoms with E-state index in [1.165, 1.54) is 0 Å². The molecule has 138 valence electrons. The van der Waals surface area contributed by atoms with E-state index in [9.17, 15) is 4.79 Å². The number of hydrogen-bond donors (Lipinski definition) is 1. The van der Waals surface area contributed by atoms with Crippen LogP contribution in [-0.4, -0.2) is 35.2 Å². The second-order valence-electron chi connectivity index (χ2n) is 6.59. The quantitative estimate of drug-likeness (QED) is 0.710. The van der Waals surface area contributed by atoms with E-state index in [0.717, 1.165) is 42.5 Å². The van der Waals surface area contributed by atoms with Gasteiger partial charge in [-0.3, -0.25) is 4.79 Å². The number of benzene rings is 2. The van der Waals surface area contributed by atoms with Crippen LogP contribution in [0.3, 0.4) is 0 Å². The van der Waals surface area contributed by atoms with E-state index < -0.39 is 0 Å². The molecular formula is C20H18Cl2N4O. The highest BCUT2D eigenvalue weighted by atomic mass is 35.5. The zero-order valence-corrected chi connectivity index (χ0v) is 16.0. The second kappa shape index (κ2) is 7.71. The Hall–Kier alpha value is -2.37. The maximum Gasteiger partial charge on any atom is 0.253 e. The fourth-order valence-corrected chi connectivity index (χ4v) is 3.81. The van der Waals surface area contributed by atoms with Crippen molar-refractivity contribution >= 4 is 45.7 Å². The first-order valence-corrected chi connectivity index (χ1v) is 9.59. The molecule has 0 saturated carbocycles. The van der Waals surface area contributed by atoms with E-state index in [0.29, 0.717) is 15.6 Å². The summed E-state index contributed by atoms with van der Waals surface area (Å²) in [4.78, 5) is 14.7. The summed E-state index contributed by atoms with van der Waals surface area (Å²) in [7, 11) is 0. The normalized spacial score (nSPS) is 15.1. The van der Waals surface area contributed by atoms with Gasteiger partial charge in [-0.15, -0.1) is 5.10 Å². The molecule has 1 aliphatic heterocycles. The lowest BCUT2D eigenvalue weighted by Crippen LogP contribution is -2.45. The van der Waals surface area contributed by atoms with Crippen LogP contribution in [0.5, 0.6) is 0 Å². The van der Waals surface area contributed by atoms with Gasteiger partial charge in [-0.25, -0.2) is 0 Å². The van der Waals surface area contributed by atoms with Gasteiger partial charge >= 0.3 is 0 Å². The Balaban J connectivity index is 1.43. The Kier molecular flexibility index (Phi) is 5.14. The molecule has 1 amide bonds. The molecule has 0 aliphatic carbocycles. The number of piperidine rings is 1. The molecule has 1 aliphatic rings. The Bertz CT molecular complexity index is 981. The lowest BCUT2D eigenvalue weighted by molar-refractivity contribution is 0.0931. The summed E-state index contributed by atoms with van der Waals surface area (Å²) in [5.41, 5.74) is 0.409. The van der Waals surface area contributed by atoms with Crippen LogP contribution in [0.1, 0.15) is 23.2 Å². The molecule has 7 heteroatoms. The number of amides is 1. The molecule has 1 aromatic heterocycles. The number of fused-ring (bicyclic) bond motifs is 1. The molecule has 5 nitrogen and oxygen atoms in total. The first-order chi connectivity index (χ1) is 13.1. The monoisotopic (exact) mass is 400 g/mol. The minimum Gasteiger partial charge on any atom is -0.354 e. The highest BCUT2D eigenvalue weighted by Gasteiger charge is 2.24. The molecule has 0 unspecified atom stereocenters. The highest BCUT2D eigenvalue weighted by molar-refractivity contribution is 6.43. The van der Waals surface area contributed by atoms with Gasteiger partial charge in [-0.05, 0) is 25.0 Å². The van der Waals surface area contributed by atoms with Crippen LogP contribution in [0, 0.1) is 0 Å². The molecular weight excluding hydrogens is 383 g/mol. The summed E-state index contributed by atoms with van der Waals surface area (Å²) in [6, 6.07) is 13.3. The van der Waals surface area contributed by atoms with Gasteiger partial charge in [-0.1, -0.05) is 53.5 Å². The van der Waals surface area contributed by atoms with Crippen LogP contribution < -0.4 is 10.2 Å². The zero-order chi connectivity index (χ0) is 18.8. The summed E-state index contributed by atoms with van der Waals surface area (Å²) in [6.07, 6.45) is 3.43. The molecule has 0 radical (unpaired) electrons. The molecule has 0 atom stereocenters. The number of rotatable bonds is 3. The van der Waals surface area contributed by atoms with Crippen molar-refractivity contribution in [2.45, 2.75) is 18.9 Å². The van der Waals surface area contributed by atoms with Gasteiger partial charge in [0.15, 0.2) is 5.82 Å². The van der Waals surface area contributed by atoms with Gasteiger partial charge in [0.05, 0.1) is 21.8 Å². The number of aromatic nitrogens is 2. The van der Waals surface area contributed by atoms with E-state index >= 15 is 0 Å². The smallest absolute Gasteiger partial charge is 0.253 e. The molecule has 4 rings (SSSR count). The molecule has 0 bridgehead atoms. The summed E-state index contributed by atoms with van der Waals surface area (Å²) in [5, 5.41) is 14.4. The standard InChI is InChI=1S/C20H18Cl2N4O/c21-17-7-3-6-16(18(17)22)20(27)24-14-8-10-26(11-9-14)19-15-5-2-1-4-13(15)12-23-25-19/h1-7,12,14H,8-11H2,(H,24,27). The van der Waals surface area contributed by atoms with E-state index in [4.69, 9.17) is 23.2 Å². The van der Waals surface area contributed by atoms with Gasteiger partial charge in [0.1, 0.15) is 0 Å². The number of carbonyl (C=O) groups is 1. The number of nitrogens with one attached hydrogen (secondary N) is 1. The maximum atomic E-state index is 12.5. The molecule has 1 fully saturated rings. The van der Waals surface area contributed by atoms with Crippen LogP contribution in [0.2, 0.25) is 10.0 Å². The summed E-state index contributed by atoms with van der Waals surface area (Å²) in [6.45, 7) is 1.60. The predicted octanol–water partition coefficient (Wildman–Crippen LogP) is 4.34. The lowest BCUT2D eigenvalue weighted by atomic mass is 10.0. The third kappa shape index (κ3) is 3.70. The SMILES string of the molecule is O=C(NC1CCN(c2nncc3ccccc23)CC1)c1cccc(Cl)c1Cl. The van der Waals surface area contributed by atoms with Crippen molar-refractivity contribution in [3.05, 3.63) is 64.3 Å². The van der Waals surface area contributed by atoms with Crippen LogP contribution in [0.4, 0.5) is 5.82 Å². The van der Waals surface area contributed by atoms with Crippen LogP contribution in [-0.2, 0) is 0 Å². The summed E-state index contributed by atoms with van der Waals surface area (Å²) < 4.78 is 0. The molecule has 1 N–H and O–H groups in total. The van der Waals surface area contributed by atoms with Crippen LogP contribution >= 0.6 is 23.2 Å². The van der Waals surface area contributed by atoms with Crippen LogP contribution in [0.25, 0.3) is 10.8 Å². The Morgan fingerprint density at radius 2 is 1.85 bits per heavy atom.